The number of benzene rings is 2. The zero-order chi connectivity index (χ0) is 18.1. The van der Waals surface area contributed by atoms with Gasteiger partial charge in [-0.3, -0.25) is 0 Å². The first-order valence-corrected chi connectivity index (χ1v) is 7.43. The third kappa shape index (κ3) is 5.91. The maximum atomic E-state index is 10.3. The molecule has 0 amide bonds. The van der Waals surface area contributed by atoms with Crippen molar-refractivity contribution in [3.05, 3.63) is 66.9 Å². The fourth-order valence-electron chi connectivity index (χ4n) is 1.88. The molecular weight excluding hydrogens is 322 g/mol. The van der Waals surface area contributed by atoms with Gasteiger partial charge < -0.3 is 20.3 Å². The molecule has 25 heavy (non-hydrogen) atoms. The highest BCUT2D eigenvalue weighted by molar-refractivity contribution is 5.68. The molecular formula is C18H19N3O4. The van der Waals surface area contributed by atoms with Crippen LogP contribution in [0.4, 0.5) is 5.82 Å². The van der Waals surface area contributed by atoms with E-state index in [0.717, 1.165) is 11.4 Å². The van der Waals surface area contributed by atoms with Crippen LogP contribution in [0.25, 0.3) is 5.69 Å². The number of nitrogen functional groups attached to an aromatic ring is 1. The lowest BCUT2D eigenvalue weighted by molar-refractivity contribution is -0.139. The van der Waals surface area contributed by atoms with E-state index in [1.807, 2.05) is 30.3 Å². The van der Waals surface area contributed by atoms with Crippen LogP contribution in [0.3, 0.4) is 0 Å². The molecule has 0 fully saturated rings. The molecule has 130 valence electrons. The van der Waals surface area contributed by atoms with Crippen molar-refractivity contribution in [3.63, 3.8) is 0 Å². The number of carboxylic acid groups (broad SMARTS) is 1. The molecule has 2 aromatic carbocycles. The Morgan fingerprint density at radius 2 is 1.76 bits per heavy atom. The molecule has 3 aromatic rings. The quantitative estimate of drug-likeness (QED) is 0.740. The topological polar surface area (TPSA) is 99.6 Å². The second-order valence-electron chi connectivity index (χ2n) is 4.88. The Morgan fingerprint density at radius 1 is 1.08 bits per heavy atom. The highest BCUT2D eigenvalue weighted by Crippen LogP contribution is 2.15. The van der Waals surface area contributed by atoms with E-state index < -0.39 is 5.97 Å². The summed E-state index contributed by atoms with van der Waals surface area (Å²) < 4.78 is 11.5. The van der Waals surface area contributed by atoms with Crippen LogP contribution in [0.2, 0.25) is 0 Å². The average Bonchev–Trinajstić information content (AvgIpc) is 3.08. The summed E-state index contributed by atoms with van der Waals surface area (Å²) in [5.41, 5.74) is 6.33. The molecule has 0 spiro atoms. The Hall–Kier alpha value is -3.48. The molecule has 3 N–H and O–H groups in total. The van der Waals surface area contributed by atoms with Crippen molar-refractivity contribution >= 4 is 11.8 Å². The summed E-state index contributed by atoms with van der Waals surface area (Å²) in [6, 6.07) is 18.3. The summed E-state index contributed by atoms with van der Waals surface area (Å²) in [5, 5.41) is 12.5. The van der Waals surface area contributed by atoms with E-state index in [9.17, 15) is 4.79 Å². The lowest BCUT2D eigenvalue weighted by Gasteiger charge is -2.04. The first-order chi connectivity index (χ1) is 12.1. The summed E-state index contributed by atoms with van der Waals surface area (Å²) in [6.07, 6.45) is 1.74. The van der Waals surface area contributed by atoms with E-state index in [4.69, 9.17) is 20.3 Å². The van der Waals surface area contributed by atoms with Gasteiger partial charge in [-0.25, -0.2) is 9.48 Å². The van der Waals surface area contributed by atoms with Gasteiger partial charge in [0.2, 0.25) is 0 Å². The minimum absolute atomic E-state index is 0.353. The van der Waals surface area contributed by atoms with Gasteiger partial charge in [0.15, 0.2) is 6.61 Å². The van der Waals surface area contributed by atoms with Crippen molar-refractivity contribution in [2.75, 3.05) is 19.5 Å². The minimum atomic E-state index is -1.01. The van der Waals surface area contributed by atoms with E-state index in [1.54, 1.807) is 48.3 Å². The Kier molecular flexibility index (Phi) is 6.41. The number of hydrogen-bond donors (Lipinski definition) is 2. The third-order valence-corrected chi connectivity index (χ3v) is 3.05. The van der Waals surface area contributed by atoms with E-state index in [2.05, 4.69) is 5.10 Å². The van der Waals surface area contributed by atoms with Crippen LogP contribution in [0, 0.1) is 0 Å². The number of anilines is 1. The standard InChI is InChI=1S/C11H11N3O3.C7H8O/c12-10-5-6-14(13-10)8-1-3-9(4-2-8)17-7-11(15)16;1-8-7-5-3-2-4-6-7/h1-6H,7H2,(H2,12,13)(H,15,16);2-6H,1H3. The van der Waals surface area contributed by atoms with Crippen LogP contribution >= 0.6 is 0 Å². The van der Waals surface area contributed by atoms with Crippen molar-refractivity contribution in [1.29, 1.82) is 0 Å². The van der Waals surface area contributed by atoms with Crippen molar-refractivity contribution in [2.24, 2.45) is 0 Å². The normalized spacial score (nSPS) is 9.64. The van der Waals surface area contributed by atoms with Crippen LogP contribution in [0.1, 0.15) is 0 Å². The second kappa shape index (κ2) is 8.97. The van der Waals surface area contributed by atoms with Gasteiger partial charge in [-0.2, -0.15) is 5.10 Å². The molecule has 0 bridgehead atoms. The summed E-state index contributed by atoms with van der Waals surface area (Å²) >= 11 is 0. The highest BCUT2D eigenvalue weighted by atomic mass is 16.5. The molecule has 0 radical (unpaired) electrons. The predicted octanol–water partition coefficient (Wildman–Crippen LogP) is 2.61. The number of ether oxygens (including phenoxy) is 2. The van der Waals surface area contributed by atoms with Gasteiger partial charge in [0.25, 0.3) is 0 Å². The summed E-state index contributed by atoms with van der Waals surface area (Å²) in [5.74, 6) is 0.842. The molecule has 0 aliphatic heterocycles. The predicted molar refractivity (Wildman–Crippen MR) is 94.1 cm³/mol. The number of nitrogens with two attached hydrogens (primary N) is 1. The number of carboxylic acids is 1. The van der Waals surface area contributed by atoms with E-state index in [-0.39, 0.29) is 6.61 Å². The first-order valence-electron chi connectivity index (χ1n) is 7.43. The highest BCUT2D eigenvalue weighted by Gasteiger charge is 2.01. The largest absolute Gasteiger partial charge is 0.497 e. The van der Waals surface area contributed by atoms with Crippen LogP contribution in [-0.4, -0.2) is 34.6 Å². The maximum Gasteiger partial charge on any atom is 0.341 e. The van der Waals surface area contributed by atoms with Gasteiger partial charge in [0.1, 0.15) is 17.3 Å². The zero-order valence-electron chi connectivity index (χ0n) is 13.7. The van der Waals surface area contributed by atoms with Crippen LogP contribution < -0.4 is 15.2 Å². The van der Waals surface area contributed by atoms with Crippen molar-refractivity contribution in [2.45, 2.75) is 0 Å². The number of rotatable bonds is 5. The number of methoxy groups -OCH3 is 1. The van der Waals surface area contributed by atoms with Gasteiger partial charge in [-0.1, -0.05) is 18.2 Å². The lowest BCUT2D eigenvalue weighted by atomic mass is 10.3. The second-order valence-corrected chi connectivity index (χ2v) is 4.88. The van der Waals surface area contributed by atoms with Crippen molar-refractivity contribution in [1.82, 2.24) is 9.78 Å². The smallest absolute Gasteiger partial charge is 0.341 e. The monoisotopic (exact) mass is 341 g/mol. The third-order valence-electron chi connectivity index (χ3n) is 3.05. The van der Waals surface area contributed by atoms with Crippen molar-refractivity contribution in [3.8, 4) is 17.2 Å². The molecule has 1 heterocycles. The molecule has 0 atom stereocenters. The Balaban J connectivity index is 0.000000236. The Labute approximate surface area is 145 Å². The molecule has 0 aliphatic carbocycles. The number of nitrogens with zero attached hydrogens (tertiary/aromatic N) is 2. The summed E-state index contributed by atoms with van der Waals surface area (Å²) in [4.78, 5) is 10.3. The van der Waals surface area contributed by atoms with E-state index >= 15 is 0 Å². The SMILES string of the molecule is COc1ccccc1.Nc1ccn(-c2ccc(OCC(=O)O)cc2)n1. The number of aromatic nitrogens is 2. The zero-order valence-corrected chi connectivity index (χ0v) is 13.7. The number of para-hydroxylation sites is 1. The first kappa shape index (κ1) is 17.9. The van der Waals surface area contributed by atoms with Crippen LogP contribution in [0.5, 0.6) is 11.5 Å². The van der Waals surface area contributed by atoms with E-state index in [0.29, 0.717) is 11.6 Å². The van der Waals surface area contributed by atoms with Gasteiger partial charge in [-0.05, 0) is 36.4 Å². The number of hydrogen-bond acceptors (Lipinski definition) is 5. The molecule has 0 unspecified atom stereocenters. The van der Waals surface area contributed by atoms with Gasteiger partial charge in [-0.15, -0.1) is 0 Å². The molecule has 0 saturated heterocycles. The molecule has 0 saturated carbocycles. The fourth-order valence-corrected chi connectivity index (χ4v) is 1.88. The van der Waals surface area contributed by atoms with Gasteiger partial charge >= 0.3 is 5.97 Å². The van der Waals surface area contributed by atoms with Crippen molar-refractivity contribution < 1.29 is 19.4 Å². The van der Waals surface area contributed by atoms with E-state index in [1.165, 1.54) is 0 Å². The number of carbonyl (C=O) groups is 1. The maximum absolute atomic E-state index is 10.3. The molecule has 0 aliphatic rings. The molecule has 7 heteroatoms. The summed E-state index contributed by atoms with van der Waals surface area (Å²) in [6.45, 7) is -0.353. The van der Waals surface area contributed by atoms with Gasteiger partial charge in [0.05, 0.1) is 12.8 Å². The molecule has 3 rings (SSSR count). The average molecular weight is 341 g/mol. The molecule has 7 nitrogen and oxygen atoms in total. The summed E-state index contributed by atoms with van der Waals surface area (Å²) in [7, 11) is 1.66. The Bertz CT molecular complexity index is 786. The van der Waals surface area contributed by atoms with Gasteiger partial charge in [0, 0.05) is 12.3 Å². The minimum Gasteiger partial charge on any atom is -0.497 e. The number of aliphatic carboxylic acids is 1. The molecule has 1 aromatic heterocycles. The Morgan fingerprint density at radius 3 is 2.24 bits per heavy atom. The van der Waals surface area contributed by atoms with Crippen LogP contribution in [0.15, 0.2) is 66.9 Å². The fraction of sp³-hybridized carbons (Fsp3) is 0.111. The lowest BCUT2D eigenvalue weighted by Crippen LogP contribution is -2.09. The van der Waals surface area contributed by atoms with Crippen LogP contribution in [-0.2, 0) is 4.79 Å².